The minimum Gasteiger partial charge on any atom is -0.410 e. The van der Waals surface area contributed by atoms with E-state index in [1.54, 1.807) is 0 Å². The first kappa shape index (κ1) is 17.0. The summed E-state index contributed by atoms with van der Waals surface area (Å²) in [5.74, 6) is 1.70. The summed E-state index contributed by atoms with van der Waals surface area (Å²) < 4.78 is 5.17. The minimum atomic E-state index is -0.186. The molecule has 1 aromatic heterocycles. The predicted molar refractivity (Wildman–Crippen MR) is 81.6 cm³/mol. The molecule has 0 aromatic carbocycles. The van der Waals surface area contributed by atoms with Crippen molar-refractivity contribution in [2.24, 2.45) is 5.16 Å². The predicted octanol–water partition coefficient (Wildman–Crippen LogP) is 2.58. The van der Waals surface area contributed by atoms with E-state index in [9.17, 15) is 0 Å². The Morgan fingerprint density at radius 3 is 2.45 bits per heavy atom. The Labute approximate surface area is 124 Å². The zero-order valence-corrected chi connectivity index (χ0v) is 13.7. The summed E-state index contributed by atoms with van der Waals surface area (Å²) >= 11 is 1.42. The number of hydrogen-bond acceptors (Lipinski definition) is 7. The van der Waals surface area contributed by atoms with Gasteiger partial charge < -0.3 is 14.6 Å². The Morgan fingerprint density at radius 2 is 2.00 bits per heavy atom. The van der Waals surface area contributed by atoms with Gasteiger partial charge in [-0.1, -0.05) is 56.7 Å². The fourth-order valence-electron chi connectivity index (χ4n) is 1.56. The van der Waals surface area contributed by atoms with E-state index in [0.717, 1.165) is 25.4 Å². The number of thioether (sulfide) groups is 1. The van der Waals surface area contributed by atoms with Crippen molar-refractivity contribution in [2.75, 3.05) is 25.4 Å². The average molecular weight is 300 g/mol. The molecule has 6 nitrogen and oxygen atoms in total. The van der Waals surface area contributed by atoms with Crippen molar-refractivity contribution in [3.8, 4) is 0 Å². The van der Waals surface area contributed by atoms with E-state index in [2.05, 4.69) is 34.0 Å². The molecule has 1 N–H and O–H groups in total. The van der Waals surface area contributed by atoms with Crippen molar-refractivity contribution in [2.45, 2.75) is 40.0 Å². The maximum atomic E-state index is 9.10. The molecule has 7 heteroatoms. The second-order valence-electron chi connectivity index (χ2n) is 5.45. The largest absolute Gasteiger partial charge is 0.410 e. The molecule has 0 saturated carbocycles. The lowest BCUT2D eigenvalue weighted by atomic mass is 9.96. The van der Waals surface area contributed by atoms with Crippen LogP contribution in [0.15, 0.2) is 9.68 Å². The second-order valence-corrected chi connectivity index (χ2v) is 6.54. The highest BCUT2D eigenvalue weighted by Crippen LogP contribution is 2.20. The third kappa shape index (κ3) is 4.79. The van der Waals surface area contributed by atoms with Crippen molar-refractivity contribution in [1.29, 1.82) is 0 Å². The normalized spacial score (nSPS) is 13.2. The Balaban J connectivity index is 2.61. The highest BCUT2D eigenvalue weighted by molar-refractivity contribution is 8.14. The minimum absolute atomic E-state index is 0.186. The summed E-state index contributed by atoms with van der Waals surface area (Å²) in [5, 5.41) is 16.7. The van der Waals surface area contributed by atoms with Crippen molar-refractivity contribution >= 4 is 16.8 Å². The van der Waals surface area contributed by atoms with E-state index < -0.39 is 0 Å². The molecule has 0 saturated heterocycles. The highest BCUT2D eigenvalue weighted by Gasteiger charge is 2.23. The zero-order chi connectivity index (χ0) is 15.2. The molecule has 114 valence electrons. The van der Waals surface area contributed by atoms with Gasteiger partial charge in [-0.05, 0) is 13.1 Å². The maximum absolute atomic E-state index is 9.10. The van der Waals surface area contributed by atoms with Crippen LogP contribution in [0.5, 0.6) is 0 Å². The lowest BCUT2D eigenvalue weighted by Crippen LogP contribution is -2.25. The molecule has 0 fully saturated rings. The van der Waals surface area contributed by atoms with Crippen LogP contribution in [0, 0.1) is 0 Å². The molecular formula is C13H24N4O2S. The van der Waals surface area contributed by atoms with Crippen LogP contribution in [0.25, 0.3) is 0 Å². The van der Waals surface area contributed by atoms with E-state index in [1.165, 1.54) is 11.8 Å². The van der Waals surface area contributed by atoms with E-state index in [-0.39, 0.29) is 11.3 Å². The lowest BCUT2D eigenvalue weighted by molar-refractivity contribution is 0.317. The maximum Gasteiger partial charge on any atom is 0.286 e. The van der Waals surface area contributed by atoms with Crippen LogP contribution in [0.1, 0.15) is 46.3 Å². The molecule has 0 spiro atoms. The van der Waals surface area contributed by atoms with Crippen molar-refractivity contribution in [3.05, 3.63) is 11.7 Å². The van der Waals surface area contributed by atoms with Gasteiger partial charge in [-0.2, -0.15) is 4.98 Å². The Bertz CT molecular complexity index is 436. The van der Waals surface area contributed by atoms with Crippen LogP contribution >= 0.6 is 11.8 Å². The van der Waals surface area contributed by atoms with Crippen molar-refractivity contribution < 1.29 is 9.73 Å². The molecule has 0 atom stereocenters. The van der Waals surface area contributed by atoms with Gasteiger partial charge in [0.15, 0.2) is 5.82 Å². The molecule has 0 bridgehead atoms. The van der Waals surface area contributed by atoms with E-state index in [0.29, 0.717) is 10.9 Å². The highest BCUT2D eigenvalue weighted by atomic mass is 32.2. The Morgan fingerprint density at radius 1 is 1.35 bits per heavy atom. The third-order valence-corrected chi connectivity index (χ3v) is 3.83. The first-order valence-corrected chi connectivity index (χ1v) is 7.82. The van der Waals surface area contributed by atoms with Gasteiger partial charge in [-0.25, -0.2) is 0 Å². The molecule has 0 unspecified atom stereocenters. The molecule has 0 radical (unpaired) electrons. The van der Waals surface area contributed by atoms with Gasteiger partial charge in [0.25, 0.3) is 5.89 Å². The Kier molecular flexibility index (Phi) is 6.48. The Hall–Kier alpha value is -1.08. The summed E-state index contributed by atoms with van der Waals surface area (Å²) in [7, 11) is 0. The molecular weight excluding hydrogens is 276 g/mol. The average Bonchev–Trinajstić information content (AvgIpc) is 2.88. The van der Waals surface area contributed by atoms with Gasteiger partial charge in [0, 0.05) is 17.7 Å². The summed E-state index contributed by atoms with van der Waals surface area (Å²) in [6.07, 6.45) is 0. The van der Waals surface area contributed by atoms with Crippen LogP contribution < -0.4 is 0 Å². The van der Waals surface area contributed by atoms with Gasteiger partial charge >= 0.3 is 0 Å². The smallest absolute Gasteiger partial charge is 0.286 e. The number of nitrogens with zero attached hydrogens (tertiary/aromatic N) is 4. The summed E-state index contributed by atoms with van der Waals surface area (Å²) in [6.45, 7) is 13.2. The van der Waals surface area contributed by atoms with Crippen LogP contribution in [0.3, 0.4) is 0 Å². The standard InChI is InChI=1S/C13H24N4O2S/c1-6-17(7-2)8-9-20-11(15-18)10-14-12(16-19-10)13(3,4)5/h18H,6-9H2,1-5H3/b15-11+. The van der Waals surface area contributed by atoms with Gasteiger partial charge in [-0.3, -0.25) is 0 Å². The topological polar surface area (TPSA) is 74.8 Å². The molecule has 20 heavy (non-hydrogen) atoms. The third-order valence-electron chi connectivity index (χ3n) is 2.91. The number of aromatic nitrogens is 2. The molecule has 0 aliphatic rings. The van der Waals surface area contributed by atoms with Crippen LogP contribution in [-0.4, -0.2) is 50.7 Å². The SMILES string of the molecule is CCN(CC)CCS/C(=N/O)c1nc(C(C)(C)C)no1. The van der Waals surface area contributed by atoms with Crippen LogP contribution in [-0.2, 0) is 5.41 Å². The lowest BCUT2D eigenvalue weighted by Gasteiger charge is -2.16. The molecule has 0 aliphatic carbocycles. The monoisotopic (exact) mass is 300 g/mol. The summed E-state index contributed by atoms with van der Waals surface area (Å²) in [4.78, 5) is 6.59. The molecule has 1 rings (SSSR count). The second kappa shape index (κ2) is 7.64. The van der Waals surface area contributed by atoms with Gasteiger partial charge in [0.1, 0.15) is 0 Å². The van der Waals surface area contributed by atoms with Crippen molar-refractivity contribution in [3.63, 3.8) is 0 Å². The number of rotatable bonds is 6. The van der Waals surface area contributed by atoms with E-state index in [1.807, 2.05) is 20.8 Å². The van der Waals surface area contributed by atoms with Crippen molar-refractivity contribution in [1.82, 2.24) is 15.0 Å². The molecule has 1 heterocycles. The number of hydrogen-bond donors (Lipinski definition) is 1. The molecule has 0 amide bonds. The fourth-order valence-corrected chi connectivity index (χ4v) is 2.37. The van der Waals surface area contributed by atoms with E-state index in [4.69, 9.17) is 9.73 Å². The molecule has 0 aliphatic heterocycles. The number of oxime groups is 1. The molecule has 1 aromatic rings. The van der Waals surface area contributed by atoms with Gasteiger partial charge in [0.2, 0.25) is 5.04 Å². The first-order chi connectivity index (χ1) is 9.42. The summed E-state index contributed by atoms with van der Waals surface area (Å²) in [6, 6.07) is 0. The van der Waals surface area contributed by atoms with Gasteiger partial charge in [0.05, 0.1) is 0 Å². The fraction of sp³-hybridized carbons (Fsp3) is 0.769. The van der Waals surface area contributed by atoms with Gasteiger partial charge in [-0.15, -0.1) is 0 Å². The van der Waals surface area contributed by atoms with E-state index >= 15 is 0 Å². The first-order valence-electron chi connectivity index (χ1n) is 6.84. The summed E-state index contributed by atoms with van der Waals surface area (Å²) in [5.41, 5.74) is -0.186. The van der Waals surface area contributed by atoms with Crippen LogP contribution in [0.2, 0.25) is 0 Å². The van der Waals surface area contributed by atoms with Crippen LogP contribution in [0.4, 0.5) is 0 Å². The zero-order valence-electron chi connectivity index (χ0n) is 12.9. The quantitative estimate of drug-likeness (QED) is 0.377.